The van der Waals surface area contributed by atoms with E-state index in [9.17, 15) is 9.18 Å². The molecule has 4 rings (SSSR count). The number of hydrogen-bond acceptors (Lipinski definition) is 2. The summed E-state index contributed by atoms with van der Waals surface area (Å²) in [5.41, 5.74) is 1.92. The van der Waals surface area contributed by atoms with E-state index in [1.165, 1.54) is 12.1 Å². The maximum absolute atomic E-state index is 13.8. The fourth-order valence-corrected chi connectivity index (χ4v) is 2.61. The summed E-state index contributed by atoms with van der Waals surface area (Å²) in [5, 5.41) is 0.330. The normalized spacial score (nSPS) is 12.5. The van der Waals surface area contributed by atoms with Crippen LogP contribution in [0.15, 0.2) is 47.3 Å². The van der Waals surface area contributed by atoms with Crippen LogP contribution in [0.25, 0.3) is 22.3 Å². The third-order valence-electron chi connectivity index (χ3n) is 3.52. The molecule has 0 spiro atoms. The Morgan fingerprint density at radius 3 is 2.84 bits per heavy atom. The number of para-hydroxylation sites is 1. The number of benzene rings is 2. The Bertz CT molecular complexity index is 883. The SMILES string of the molecule is O=c1c2cccc(F)c2nc2n1Cc1ccccc1-2. The van der Waals surface area contributed by atoms with Crippen LogP contribution in [0.1, 0.15) is 5.56 Å². The maximum Gasteiger partial charge on any atom is 0.262 e. The molecule has 0 aliphatic carbocycles. The van der Waals surface area contributed by atoms with E-state index in [0.717, 1.165) is 11.1 Å². The topological polar surface area (TPSA) is 34.9 Å². The summed E-state index contributed by atoms with van der Waals surface area (Å²) in [6.45, 7) is 0.504. The molecule has 0 atom stereocenters. The first kappa shape index (κ1) is 10.4. The van der Waals surface area contributed by atoms with Gasteiger partial charge in [-0.2, -0.15) is 0 Å². The lowest BCUT2D eigenvalue weighted by Crippen LogP contribution is -2.20. The molecule has 0 amide bonds. The molecule has 2 aromatic carbocycles. The molecule has 4 heteroatoms. The highest BCUT2D eigenvalue weighted by molar-refractivity contribution is 5.81. The number of halogens is 1. The molecule has 19 heavy (non-hydrogen) atoms. The largest absolute Gasteiger partial charge is 0.288 e. The average molecular weight is 252 g/mol. The zero-order valence-electron chi connectivity index (χ0n) is 9.93. The molecule has 0 fully saturated rings. The van der Waals surface area contributed by atoms with Gasteiger partial charge in [-0.3, -0.25) is 9.36 Å². The van der Waals surface area contributed by atoms with Gasteiger partial charge in [0.15, 0.2) is 0 Å². The Kier molecular flexibility index (Phi) is 1.93. The van der Waals surface area contributed by atoms with E-state index in [4.69, 9.17) is 0 Å². The minimum atomic E-state index is -0.456. The maximum atomic E-state index is 13.8. The van der Waals surface area contributed by atoms with E-state index in [-0.39, 0.29) is 11.1 Å². The fraction of sp³-hybridized carbons (Fsp3) is 0.0667. The fourth-order valence-electron chi connectivity index (χ4n) is 2.61. The van der Waals surface area contributed by atoms with Crippen LogP contribution in [-0.4, -0.2) is 9.55 Å². The Morgan fingerprint density at radius 1 is 1.11 bits per heavy atom. The zero-order chi connectivity index (χ0) is 13.0. The van der Waals surface area contributed by atoms with Gasteiger partial charge in [-0.25, -0.2) is 9.37 Å². The van der Waals surface area contributed by atoms with Crippen molar-refractivity contribution < 1.29 is 4.39 Å². The van der Waals surface area contributed by atoms with E-state index in [1.807, 2.05) is 24.3 Å². The zero-order valence-corrected chi connectivity index (χ0v) is 9.93. The second-order valence-corrected chi connectivity index (χ2v) is 4.62. The summed E-state index contributed by atoms with van der Waals surface area (Å²) in [7, 11) is 0. The summed E-state index contributed by atoms with van der Waals surface area (Å²) in [4.78, 5) is 16.7. The molecule has 0 N–H and O–H groups in total. The molecule has 0 bridgehead atoms. The van der Waals surface area contributed by atoms with E-state index < -0.39 is 5.82 Å². The van der Waals surface area contributed by atoms with Crippen LogP contribution in [-0.2, 0) is 6.54 Å². The lowest BCUT2D eigenvalue weighted by atomic mass is 10.1. The van der Waals surface area contributed by atoms with Crippen LogP contribution in [0.4, 0.5) is 4.39 Å². The van der Waals surface area contributed by atoms with Crippen molar-refractivity contribution >= 4 is 10.9 Å². The van der Waals surface area contributed by atoms with E-state index in [1.54, 1.807) is 10.6 Å². The van der Waals surface area contributed by atoms with Crippen molar-refractivity contribution in [2.24, 2.45) is 0 Å². The number of nitrogens with zero attached hydrogens (tertiary/aromatic N) is 2. The lowest BCUT2D eigenvalue weighted by molar-refractivity contribution is 0.635. The highest BCUT2D eigenvalue weighted by Crippen LogP contribution is 2.29. The summed E-state index contributed by atoms with van der Waals surface area (Å²) in [5.74, 6) is 0.0978. The second-order valence-electron chi connectivity index (χ2n) is 4.62. The first-order valence-corrected chi connectivity index (χ1v) is 6.03. The van der Waals surface area contributed by atoms with Crippen LogP contribution in [0.5, 0.6) is 0 Å². The number of aromatic nitrogens is 2. The minimum absolute atomic E-state index is 0.149. The molecule has 92 valence electrons. The summed E-state index contributed by atoms with van der Waals surface area (Å²) < 4.78 is 15.4. The number of fused-ring (bicyclic) bond motifs is 4. The predicted octanol–water partition coefficient (Wildman–Crippen LogP) is 2.56. The van der Waals surface area contributed by atoms with E-state index in [0.29, 0.717) is 17.8 Å². The molecule has 0 radical (unpaired) electrons. The Morgan fingerprint density at radius 2 is 1.95 bits per heavy atom. The molecular formula is C15H9FN2O. The molecule has 0 saturated carbocycles. The van der Waals surface area contributed by atoms with E-state index in [2.05, 4.69) is 4.98 Å². The quantitative estimate of drug-likeness (QED) is 0.482. The summed E-state index contributed by atoms with van der Waals surface area (Å²) in [6, 6.07) is 12.2. The van der Waals surface area contributed by atoms with Crippen LogP contribution in [0.3, 0.4) is 0 Å². The van der Waals surface area contributed by atoms with Gasteiger partial charge < -0.3 is 0 Å². The van der Waals surface area contributed by atoms with Crippen molar-refractivity contribution in [3.63, 3.8) is 0 Å². The van der Waals surface area contributed by atoms with Crippen molar-refractivity contribution in [1.82, 2.24) is 9.55 Å². The first-order chi connectivity index (χ1) is 9.25. The Balaban J connectivity index is 2.18. The molecule has 0 unspecified atom stereocenters. The molecule has 1 aliphatic rings. The second kappa shape index (κ2) is 3.51. The van der Waals surface area contributed by atoms with Gasteiger partial charge in [0.25, 0.3) is 5.56 Å². The molecule has 1 aromatic heterocycles. The summed E-state index contributed by atoms with van der Waals surface area (Å²) in [6.07, 6.45) is 0. The molecule has 3 aromatic rings. The Hall–Kier alpha value is -2.49. The molecule has 0 saturated heterocycles. The van der Waals surface area contributed by atoms with Gasteiger partial charge in [-0.1, -0.05) is 30.3 Å². The third kappa shape index (κ3) is 1.31. The summed E-state index contributed by atoms with van der Waals surface area (Å²) >= 11 is 0. The lowest BCUT2D eigenvalue weighted by Gasteiger charge is -2.05. The van der Waals surface area contributed by atoms with Gasteiger partial charge in [-0.05, 0) is 17.7 Å². The monoisotopic (exact) mass is 252 g/mol. The van der Waals surface area contributed by atoms with Gasteiger partial charge in [0.1, 0.15) is 17.2 Å². The minimum Gasteiger partial charge on any atom is -0.288 e. The highest BCUT2D eigenvalue weighted by atomic mass is 19.1. The van der Waals surface area contributed by atoms with E-state index >= 15 is 0 Å². The van der Waals surface area contributed by atoms with Crippen molar-refractivity contribution in [3.8, 4) is 11.4 Å². The molecule has 3 nitrogen and oxygen atoms in total. The standard InChI is InChI=1S/C15H9FN2O/c16-12-7-3-6-11-13(12)17-14-10-5-2-1-4-9(10)8-18(14)15(11)19/h1-7H,8H2. The van der Waals surface area contributed by atoms with Crippen LogP contribution in [0.2, 0.25) is 0 Å². The van der Waals surface area contributed by atoms with Crippen molar-refractivity contribution in [2.75, 3.05) is 0 Å². The van der Waals surface area contributed by atoms with Gasteiger partial charge in [0.05, 0.1) is 11.9 Å². The van der Waals surface area contributed by atoms with Gasteiger partial charge in [0, 0.05) is 5.56 Å². The first-order valence-electron chi connectivity index (χ1n) is 6.03. The number of hydrogen-bond donors (Lipinski definition) is 0. The van der Waals surface area contributed by atoms with Crippen molar-refractivity contribution in [2.45, 2.75) is 6.54 Å². The molecule has 1 aliphatic heterocycles. The van der Waals surface area contributed by atoms with Crippen molar-refractivity contribution in [3.05, 3.63) is 64.2 Å². The predicted molar refractivity (Wildman–Crippen MR) is 70.5 cm³/mol. The third-order valence-corrected chi connectivity index (χ3v) is 3.52. The van der Waals surface area contributed by atoms with Gasteiger partial charge in [-0.15, -0.1) is 0 Å². The number of rotatable bonds is 0. The molecular weight excluding hydrogens is 243 g/mol. The molecule has 2 heterocycles. The highest BCUT2D eigenvalue weighted by Gasteiger charge is 2.22. The van der Waals surface area contributed by atoms with Crippen LogP contribution in [0, 0.1) is 5.82 Å². The van der Waals surface area contributed by atoms with Crippen LogP contribution >= 0.6 is 0 Å². The van der Waals surface area contributed by atoms with Crippen molar-refractivity contribution in [1.29, 1.82) is 0 Å². The Labute approximate surface area is 108 Å². The average Bonchev–Trinajstić information content (AvgIpc) is 2.80. The van der Waals surface area contributed by atoms with Gasteiger partial charge >= 0.3 is 0 Å². The smallest absolute Gasteiger partial charge is 0.262 e. The van der Waals surface area contributed by atoms with Crippen LogP contribution < -0.4 is 5.56 Å². The van der Waals surface area contributed by atoms with Gasteiger partial charge in [0.2, 0.25) is 0 Å².